The summed E-state index contributed by atoms with van der Waals surface area (Å²) in [6.45, 7) is 1.41. The van der Waals surface area contributed by atoms with Gasteiger partial charge in [0.2, 0.25) is 5.91 Å². The van der Waals surface area contributed by atoms with Crippen molar-refractivity contribution in [2.75, 3.05) is 5.32 Å². The van der Waals surface area contributed by atoms with Crippen molar-refractivity contribution in [2.45, 2.75) is 6.92 Å². The number of benzene rings is 2. The molecule has 0 aliphatic rings. The highest BCUT2D eigenvalue weighted by Gasteiger charge is 2.10. The predicted octanol–water partition coefficient (Wildman–Crippen LogP) is 4.14. The van der Waals surface area contributed by atoms with Gasteiger partial charge >= 0.3 is 0 Å². The normalized spacial score (nSPS) is 10.4. The molecule has 2 aromatic carbocycles. The summed E-state index contributed by atoms with van der Waals surface area (Å²) < 4.78 is 0. The molecular formula is C17H14N2O2S. The average Bonchev–Trinajstić information content (AvgIpc) is 3.00. The molecule has 5 heteroatoms. The molecule has 0 atom stereocenters. The lowest BCUT2D eigenvalue weighted by Gasteiger charge is -2.06. The number of nitrogens with zero attached hydrogens (tertiary/aromatic N) is 1. The number of hydrogen-bond acceptors (Lipinski definition) is 4. The van der Waals surface area contributed by atoms with Gasteiger partial charge in [-0.3, -0.25) is 4.79 Å². The summed E-state index contributed by atoms with van der Waals surface area (Å²) in [6, 6.07) is 15.0. The predicted molar refractivity (Wildman–Crippen MR) is 89.0 cm³/mol. The Morgan fingerprint density at radius 2 is 1.91 bits per heavy atom. The number of amides is 1. The van der Waals surface area contributed by atoms with Gasteiger partial charge in [0, 0.05) is 23.4 Å². The minimum absolute atomic E-state index is 0.0393. The molecule has 0 saturated carbocycles. The van der Waals surface area contributed by atoms with Gasteiger partial charge in [-0.25, -0.2) is 4.98 Å². The number of carbonyl (C=O) groups is 1. The number of aromatic hydroxyl groups is 1. The van der Waals surface area contributed by atoms with E-state index in [1.807, 2.05) is 35.7 Å². The molecule has 2 N–H and O–H groups in total. The molecule has 4 nitrogen and oxygen atoms in total. The summed E-state index contributed by atoms with van der Waals surface area (Å²) in [5.74, 6) is -0.187. The zero-order valence-electron chi connectivity index (χ0n) is 11.9. The second-order valence-electron chi connectivity index (χ2n) is 4.82. The van der Waals surface area contributed by atoms with Crippen LogP contribution in [0.2, 0.25) is 0 Å². The fraction of sp³-hybridized carbons (Fsp3) is 0.0588. The number of aromatic nitrogens is 1. The lowest BCUT2D eigenvalue weighted by Crippen LogP contribution is -2.05. The van der Waals surface area contributed by atoms with E-state index in [4.69, 9.17) is 0 Å². The molecular weight excluding hydrogens is 296 g/mol. The molecule has 1 heterocycles. The fourth-order valence-electron chi connectivity index (χ4n) is 2.10. The number of thiazole rings is 1. The van der Waals surface area contributed by atoms with Gasteiger partial charge in [0.1, 0.15) is 10.8 Å². The monoisotopic (exact) mass is 310 g/mol. The van der Waals surface area contributed by atoms with Crippen LogP contribution in [0.3, 0.4) is 0 Å². The van der Waals surface area contributed by atoms with Gasteiger partial charge in [-0.05, 0) is 18.2 Å². The van der Waals surface area contributed by atoms with E-state index in [2.05, 4.69) is 10.3 Å². The Kier molecular flexibility index (Phi) is 3.89. The highest BCUT2D eigenvalue weighted by atomic mass is 32.1. The molecule has 1 aromatic heterocycles. The van der Waals surface area contributed by atoms with E-state index in [1.165, 1.54) is 6.92 Å². The average molecular weight is 310 g/mol. The Hall–Kier alpha value is -2.66. The maximum atomic E-state index is 11.2. The SMILES string of the molecule is CC(=O)Nc1cc(-c2csc(-c3ccccc3)n2)ccc1O. The maximum absolute atomic E-state index is 11.2. The molecule has 3 aromatic rings. The Balaban J connectivity index is 1.95. The van der Waals surface area contributed by atoms with E-state index >= 15 is 0 Å². The first-order valence-electron chi connectivity index (χ1n) is 6.75. The third kappa shape index (κ3) is 2.99. The van der Waals surface area contributed by atoms with Crippen molar-refractivity contribution in [1.29, 1.82) is 0 Å². The Labute approximate surface area is 132 Å². The van der Waals surface area contributed by atoms with Gasteiger partial charge in [0.05, 0.1) is 11.4 Å². The van der Waals surface area contributed by atoms with Gasteiger partial charge in [-0.1, -0.05) is 30.3 Å². The summed E-state index contributed by atoms with van der Waals surface area (Å²) >= 11 is 1.56. The zero-order valence-corrected chi connectivity index (χ0v) is 12.7. The molecule has 0 unspecified atom stereocenters. The molecule has 0 radical (unpaired) electrons. The summed E-state index contributed by atoms with van der Waals surface area (Å²) in [7, 11) is 0. The number of nitrogens with one attached hydrogen (secondary N) is 1. The molecule has 0 spiro atoms. The van der Waals surface area contributed by atoms with Crippen LogP contribution in [0.4, 0.5) is 5.69 Å². The fourth-order valence-corrected chi connectivity index (χ4v) is 2.94. The smallest absolute Gasteiger partial charge is 0.221 e. The Bertz CT molecular complexity index is 813. The molecule has 0 aliphatic heterocycles. The van der Waals surface area contributed by atoms with Crippen LogP contribution in [-0.2, 0) is 4.79 Å². The number of phenolic OH excluding ortho intramolecular Hbond substituents is 1. The summed E-state index contributed by atoms with van der Waals surface area (Å²) in [5, 5.41) is 15.3. The zero-order chi connectivity index (χ0) is 15.5. The molecule has 0 fully saturated rings. The van der Waals surface area contributed by atoms with E-state index in [-0.39, 0.29) is 11.7 Å². The van der Waals surface area contributed by atoms with Crippen LogP contribution in [-0.4, -0.2) is 16.0 Å². The van der Waals surface area contributed by atoms with Crippen LogP contribution >= 0.6 is 11.3 Å². The highest BCUT2D eigenvalue weighted by molar-refractivity contribution is 7.13. The van der Waals surface area contributed by atoms with Crippen molar-refractivity contribution in [1.82, 2.24) is 4.98 Å². The molecule has 22 heavy (non-hydrogen) atoms. The van der Waals surface area contributed by atoms with Crippen molar-refractivity contribution >= 4 is 22.9 Å². The Morgan fingerprint density at radius 3 is 2.64 bits per heavy atom. The van der Waals surface area contributed by atoms with Crippen LogP contribution in [0.15, 0.2) is 53.9 Å². The Morgan fingerprint density at radius 1 is 1.14 bits per heavy atom. The van der Waals surface area contributed by atoms with Crippen molar-refractivity contribution in [3.05, 3.63) is 53.9 Å². The second-order valence-corrected chi connectivity index (χ2v) is 5.68. The third-order valence-electron chi connectivity index (χ3n) is 3.13. The molecule has 0 saturated heterocycles. The van der Waals surface area contributed by atoms with E-state index in [0.717, 1.165) is 21.8 Å². The van der Waals surface area contributed by atoms with Crippen LogP contribution in [0.1, 0.15) is 6.92 Å². The highest BCUT2D eigenvalue weighted by Crippen LogP contribution is 2.32. The second kappa shape index (κ2) is 5.99. The summed E-state index contributed by atoms with van der Waals surface area (Å²) in [5.41, 5.74) is 3.12. The topological polar surface area (TPSA) is 62.2 Å². The van der Waals surface area contributed by atoms with Gasteiger partial charge in [-0.15, -0.1) is 11.3 Å². The molecule has 3 rings (SSSR count). The number of carbonyl (C=O) groups excluding carboxylic acids is 1. The van der Waals surface area contributed by atoms with Gasteiger partial charge in [-0.2, -0.15) is 0 Å². The quantitative estimate of drug-likeness (QED) is 0.715. The summed E-state index contributed by atoms with van der Waals surface area (Å²) in [4.78, 5) is 15.8. The lowest BCUT2D eigenvalue weighted by atomic mass is 10.1. The number of hydrogen-bond donors (Lipinski definition) is 2. The van der Waals surface area contributed by atoms with Crippen molar-refractivity contribution in [3.8, 4) is 27.6 Å². The van der Waals surface area contributed by atoms with Crippen LogP contribution in [0.5, 0.6) is 5.75 Å². The maximum Gasteiger partial charge on any atom is 0.221 e. The van der Waals surface area contributed by atoms with Gasteiger partial charge < -0.3 is 10.4 Å². The van der Waals surface area contributed by atoms with Crippen LogP contribution in [0.25, 0.3) is 21.8 Å². The number of anilines is 1. The number of rotatable bonds is 3. The first-order valence-corrected chi connectivity index (χ1v) is 7.63. The van der Waals surface area contributed by atoms with Gasteiger partial charge in [0.25, 0.3) is 0 Å². The van der Waals surface area contributed by atoms with Crippen molar-refractivity contribution < 1.29 is 9.90 Å². The molecule has 1 amide bonds. The molecule has 0 bridgehead atoms. The summed E-state index contributed by atoms with van der Waals surface area (Å²) in [6.07, 6.45) is 0. The van der Waals surface area contributed by atoms with Crippen LogP contribution < -0.4 is 5.32 Å². The van der Waals surface area contributed by atoms with Crippen molar-refractivity contribution in [2.24, 2.45) is 0 Å². The minimum atomic E-state index is -0.226. The third-order valence-corrected chi connectivity index (χ3v) is 4.02. The van der Waals surface area contributed by atoms with E-state index in [9.17, 15) is 9.90 Å². The van der Waals surface area contributed by atoms with Gasteiger partial charge in [0.15, 0.2) is 0 Å². The van der Waals surface area contributed by atoms with Crippen molar-refractivity contribution in [3.63, 3.8) is 0 Å². The molecule has 110 valence electrons. The minimum Gasteiger partial charge on any atom is -0.506 e. The van der Waals surface area contributed by atoms with E-state index < -0.39 is 0 Å². The van der Waals surface area contributed by atoms with E-state index in [0.29, 0.717) is 5.69 Å². The molecule has 0 aliphatic carbocycles. The lowest BCUT2D eigenvalue weighted by molar-refractivity contribution is -0.114. The van der Waals surface area contributed by atoms with E-state index in [1.54, 1.807) is 29.5 Å². The standard InChI is InChI=1S/C17H14N2O2S/c1-11(20)18-14-9-13(7-8-16(14)21)15-10-22-17(19-15)12-5-3-2-4-6-12/h2-10,21H,1H3,(H,18,20). The first kappa shape index (κ1) is 14.3. The largest absolute Gasteiger partial charge is 0.506 e. The van der Waals surface area contributed by atoms with Crippen LogP contribution in [0, 0.1) is 0 Å². The first-order chi connectivity index (χ1) is 10.6. The number of phenols is 1.